The SMILES string of the molecule is CCCNC(C)CCCCS(=O)Cc1ccccc1. The second-order valence-corrected chi connectivity index (χ2v) is 6.70. The molecule has 1 rings (SSSR count). The van der Waals surface area contributed by atoms with Gasteiger partial charge in [0.1, 0.15) is 0 Å². The van der Waals surface area contributed by atoms with Gasteiger partial charge in [0.15, 0.2) is 0 Å². The minimum absolute atomic E-state index is 0.586. The Labute approximate surface area is 120 Å². The third-order valence-electron chi connectivity index (χ3n) is 3.17. The molecule has 2 nitrogen and oxygen atoms in total. The molecule has 108 valence electrons. The molecule has 0 heterocycles. The predicted molar refractivity (Wildman–Crippen MR) is 84.8 cm³/mol. The Bertz CT molecular complexity index is 353. The molecule has 0 bridgehead atoms. The summed E-state index contributed by atoms with van der Waals surface area (Å²) in [6, 6.07) is 10.7. The van der Waals surface area contributed by atoms with Crippen LogP contribution in [0.25, 0.3) is 0 Å². The second kappa shape index (κ2) is 10.2. The van der Waals surface area contributed by atoms with Crippen molar-refractivity contribution < 1.29 is 4.21 Å². The summed E-state index contributed by atoms with van der Waals surface area (Å²) in [5, 5.41) is 3.48. The molecule has 0 aliphatic carbocycles. The Morgan fingerprint density at radius 2 is 1.95 bits per heavy atom. The largest absolute Gasteiger partial charge is 0.314 e. The molecule has 3 heteroatoms. The van der Waals surface area contributed by atoms with Crippen LogP contribution in [-0.4, -0.2) is 22.5 Å². The zero-order valence-corrected chi connectivity index (χ0v) is 13.0. The summed E-state index contributed by atoms with van der Waals surface area (Å²) in [6.07, 6.45) is 4.60. The van der Waals surface area contributed by atoms with Gasteiger partial charge in [-0.2, -0.15) is 0 Å². The van der Waals surface area contributed by atoms with E-state index >= 15 is 0 Å². The third-order valence-corrected chi connectivity index (χ3v) is 4.57. The zero-order chi connectivity index (χ0) is 13.9. The Morgan fingerprint density at radius 1 is 1.21 bits per heavy atom. The summed E-state index contributed by atoms with van der Waals surface area (Å²) in [7, 11) is -0.711. The fourth-order valence-corrected chi connectivity index (χ4v) is 3.27. The van der Waals surface area contributed by atoms with Gasteiger partial charge in [-0.25, -0.2) is 0 Å². The molecule has 2 unspecified atom stereocenters. The molecule has 0 aliphatic rings. The second-order valence-electron chi connectivity index (χ2n) is 5.12. The molecule has 0 saturated heterocycles. The van der Waals surface area contributed by atoms with E-state index in [9.17, 15) is 4.21 Å². The van der Waals surface area contributed by atoms with Crippen molar-refractivity contribution in [2.45, 2.75) is 51.3 Å². The number of rotatable bonds is 10. The van der Waals surface area contributed by atoms with E-state index in [0.717, 1.165) is 18.7 Å². The van der Waals surface area contributed by atoms with E-state index in [2.05, 4.69) is 31.3 Å². The van der Waals surface area contributed by atoms with Gasteiger partial charge < -0.3 is 5.32 Å². The highest BCUT2D eigenvalue weighted by atomic mass is 32.2. The van der Waals surface area contributed by atoms with Crippen molar-refractivity contribution in [2.24, 2.45) is 0 Å². The van der Waals surface area contributed by atoms with Gasteiger partial charge in [0.2, 0.25) is 0 Å². The normalized spacial score (nSPS) is 14.2. The van der Waals surface area contributed by atoms with E-state index in [-0.39, 0.29) is 0 Å². The van der Waals surface area contributed by atoms with Gasteiger partial charge in [0.25, 0.3) is 0 Å². The van der Waals surface area contributed by atoms with Crippen LogP contribution in [-0.2, 0) is 16.6 Å². The number of benzene rings is 1. The molecular weight excluding hydrogens is 254 g/mol. The minimum atomic E-state index is -0.711. The smallest absolute Gasteiger partial charge is 0.0485 e. The highest BCUT2D eigenvalue weighted by molar-refractivity contribution is 7.84. The maximum atomic E-state index is 11.9. The first kappa shape index (κ1) is 16.4. The van der Waals surface area contributed by atoms with Gasteiger partial charge in [-0.15, -0.1) is 0 Å². The van der Waals surface area contributed by atoms with Crippen LogP contribution in [0, 0.1) is 0 Å². The van der Waals surface area contributed by atoms with E-state index in [1.165, 1.54) is 24.8 Å². The van der Waals surface area contributed by atoms with E-state index in [0.29, 0.717) is 11.8 Å². The number of hydrogen-bond acceptors (Lipinski definition) is 2. The molecule has 1 aromatic rings. The van der Waals surface area contributed by atoms with Crippen LogP contribution in [0.2, 0.25) is 0 Å². The monoisotopic (exact) mass is 281 g/mol. The molecule has 19 heavy (non-hydrogen) atoms. The average Bonchev–Trinajstić information content (AvgIpc) is 2.42. The lowest BCUT2D eigenvalue weighted by Gasteiger charge is -2.12. The lowest BCUT2D eigenvalue weighted by Crippen LogP contribution is -2.26. The van der Waals surface area contributed by atoms with E-state index in [1.54, 1.807) is 0 Å². The van der Waals surface area contributed by atoms with Gasteiger partial charge in [0.05, 0.1) is 0 Å². The molecule has 0 saturated carbocycles. The van der Waals surface area contributed by atoms with Crippen molar-refractivity contribution in [3.05, 3.63) is 35.9 Å². The lowest BCUT2D eigenvalue weighted by atomic mass is 10.1. The molecule has 0 fully saturated rings. The Morgan fingerprint density at radius 3 is 2.63 bits per heavy atom. The lowest BCUT2D eigenvalue weighted by molar-refractivity contribution is 0.495. The highest BCUT2D eigenvalue weighted by Crippen LogP contribution is 2.06. The number of nitrogens with one attached hydrogen (secondary N) is 1. The first-order valence-corrected chi connectivity index (χ1v) is 8.83. The van der Waals surface area contributed by atoms with Crippen molar-refractivity contribution in [3.8, 4) is 0 Å². The standard InChI is InChI=1S/C16H27NOS/c1-3-12-17-15(2)9-7-8-13-19(18)14-16-10-5-4-6-11-16/h4-6,10-11,15,17H,3,7-9,12-14H2,1-2H3. The number of unbranched alkanes of at least 4 members (excludes halogenated alkanes) is 1. The van der Waals surface area contributed by atoms with Crippen LogP contribution in [0.4, 0.5) is 0 Å². The summed E-state index contributed by atoms with van der Waals surface area (Å²) < 4.78 is 11.9. The molecule has 1 aromatic carbocycles. The quantitative estimate of drug-likeness (QED) is 0.665. The van der Waals surface area contributed by atoms with Crippen LogP contribution < -0.4 is 5.32 Å². The molecule has 0 aliphatic heterocycles. The fourth-order valence-electron chi connectivity index (χ4n) is 2.04. The van der Waals surface area contributed by atoms with Gasteiger partial charge in [0, 0.05) is 28.3 Å². The Balaban J connectivity index is 2.07. The maximum absolute atomic E-state index is 11.9. The summed E-state index contributed by atoms with van der Waals surface area (Å²) in [6.45, 7) is 5.52. The first-order valence-electron chi connectivity index (χ1n) is 7.34. The van der Waals surface area contributed by atoms with E-state index < -0.39 is 10.8 Å². The predicted octanol–water partition coefficient (Wildman–Crippen LogP) is 3.49. The number of hydrogen-bond donors (Lipinski definition) is 1. The van der Waals surface area contributed by atoms with Crippen molar-refractivity contribution in [2.75, 3.05) is 12.3 Å². The Kier molecular flexibility index (Phi) is 8.76. The Hall–Kier alpha value is -0.670. The fraction of sp³-hybridized carbons (Fsp3) is 0.625. The summed E-state index contributed by atoms with van der Waals surface area (Å²) in [5.41, 5.74) is 1.18. The molecule has 2 atom stereocenters. The van der Waals surface area contributed by atoms with Crippen LogP contribution >= 0.6 is 0 Å². The van der Waals surface area contributed by atoms with Crippen molar-refractivity contribution in [3.63, 3.8) is 0 Å². The zero-order valence-electron chi connectivity index (χ0n) is 12.2. The van der Waals surface area contributed by atoms with Crippen molar-refractivity contribution in [1.29, 1.82) is 0 Å². The average molecular weight is 281 g/mol. The maximum Gasteiger partial charge on any atom is 0.0485 e. The summed E-state index contributed by atoms with van der Waals surface area (Å²) in [5.74, 6) is 1.53. The molecule has 0 amide bonds. The van der Waals surface area contributed by atoms with Gasteiger partial charge in [-0.3, -0.25) is 4.21 Å². The van der Waals surface area contributed by atoms with Crippen LogP contribution in [0.3, 0.4) is 0 Å². The highest BCUT2D eigenvalue weighted by Gasteiger charge is 2.03. The van der Waals surface area contributed by atoms with Crippen LogP contribution in [0.15, 0.2) is 30.3 Å². The van der Waals surface area contributed by atoms with Crippen LogP contribution in [0.5, 0.6) is 0 Å². The molecule has 0 aromatic heterocycles. The molecule has 0 radical (unpaired) electrons. The molecular formula is C16H27NOS. The topological polar surface area (TPSA) is 29.1 Å². The third kappa shape index (κ3) is 8.17. The first-order chi connectivity index (χ1) is 9.22. The van der Waals surface area contributed by atoms with Crippen molar-refractivity contribution >= 4 is 10.8 Å². The van der Waals surface area contributed by atoms with Gasteiger partial charge in [-0.05, 0) is 38.3 Å². The summed E-state index contributed by atoms with van der Waals surface area (Å²) in [4.78, 5) is 0. The van der Waals surface area contributed by atoms with Gasteiger partial charge in [-0.1, -0.05) is 43.7 Å². The molecule has 0 spiro atoms. The molecule has 1 N–H and O–H groups in total. The minimum Gasteiger partial charge on any atom is -0.314 e. The van der Waals surface area contributed by atoms with E-state index in [4.69, 9.17) is 0 Å². The van der Waals surface area contributed by atoms with Crippen molar-refractivity contribution in [1.82, 2.24) is 5.32 Å². The van der Waals surface area contributed by atoms with Crippen LogP contribution in [0.1, 0.15) is 45.1 Å². The van der Waals surface area contributed by atoms with Gasteiger partial charge >= 0.3 is 0 Å². The summed E-state index contributed by atoms with van der Waals surface area (Å²) >= 11 is 0. The van der Waals surface area contributed by atoms with E-state index in [1.807, 2.05) is 18.2 Å².